The van der Waals surface area contributed by atoms with Gasteiger partial charge in [0, 0.05) is 22.2 Å². The molecule has 6 nitrogen and oxygen atoms in total. The maximum absolute atomic E-state index is 13.7. The van der Waals surface area contributed by atoms with Crippen LogP contribution in [-0.4, -0.2) is 78.0 Å². The fraction of sp³-hybridized carbons (Fsp3) is 0.786. The number of nitrogens with zero attached hydrogens (tertiary/aromatic N) is 4. The first-order chi connectivity index (χ1) is 15.2. The predicted octanol–water partition coefficient (Wildman–Crippen LogP) is 6.28. The molecule has 2 fully saturated rings. The molecule has 0 aliphatic carbocycles. The van der Waals surface area contributed by atoms with Gasteiger partial charge in [0.1, 0.15) is 0 Å². The number of hydrogen-bond donors (Lipinski definition) is 0. The van der Waals surface area contributed by atoms with E-state index in [-0.39, 0.29) is 58.4 Å². The van der Waals surface area contributed by atoms with Crippen LogP contribution in [0.5, 0.6) is 0 Å². The van der Waals surface area contributed by atoms with Crippen molar-refractivity contribution in [2.24, 2.45) is 0 Å². The van der Waals surface area contributed by atoms with Gasteiger partial charge in [0.25, 0.3) is 0 Å². The van der Waals surface area contributed by atoms with Crippen molar-refractivity contribution in [3.05, 3.63) is 25.3 Å². The van der Waals surface area contributed by atoms with Crippen molar-refractivity contribution in [3.63, 3.8) is 0 Å². The normalized spacial score (nSPS) is 27.2. The molecule has 0 radical (unpaired) electrons. The fourth-order valence-corrected chi connectivity index (χ4v) is 5.92. The van der Waals surface area contributed by atoms with Gasteiger partial charge in [-0.15, -0.1) is 13.2 Å². The van der Waals surface area contributed by atoms with E-state index < -0.39 is 0 Å². The van der Waals surface area contributed by atoms with E-state index in [4.69, 9.17) is 0 Å². The molecule has 194 valence electrons. The summed E-state index contributed by atoms with van der Waals surface area (Å²) in [5.41, 5.74) is -1.29. The van der Waals surface area contributed by atoms with Crippen LogP contribution >= 0.6 is 0 Å². The summed E-state index contributed by atoms with van der Waals surface area (Å²) in [4.78, 5) is 35.4. The number of amides is 4. The summed E-state index contributed by atoms with van der Waals surface area (Å²) in [6.07, 6.45) is 5.40. The summed E-state index contributed by atoms with van der Waals surface area (Å²) in [6, 6.07) is -0.102. The summed E-state index contributed by atoms with van der Waals surface area (Å²) >= 11 is 0. The Labute approximate surface area is 209 Å². The minimum atomic E-state index is -0.326. The average Bonchev–Trinajstić information content (AvgIpc) is 3.08. The summed E-state index contributed by atoms with van der Waals surface area (Å²) in [5.74, 6) is 0. The van der Waals surface area contributed by atoms with Crippen molar-refractivity contribution in [1.29, 1.82) is 0 Å². The van der Waals surface area contributed by atoms with Gasteiger partial charge in [-0.2, -0.15) is 0 Å². The van der Waals surface area contributed by atoms with Gasteiger partial charge in [-0.1, -0.05) is 12.2 Å². The third kappa shape index (κ3) is 5.01. The first-order valence-electron chi connectivity index (χ1n) is 12.7. The lowest BCUT2D eigenvalue weighted by Gasteiger charge is -2.40. The molecule has 0 unspecified atom stereocenters. The quantitative estimate of drug-likeness (QED) is 0.440. The molecular formula is C28H50N4O2. The summed E-state index contributed by atoms with van der Waals surface area (Å²) in [5, 5.41) is 0. The first-order valence-corrected chi connectivity index (χ1v) is 12.7. The van der Waals surface area contributed by atoms with Gasteiger partial charge in [-0.25, -0.2) is 9.59 Å². The topological polar surface area (TPSA) is 47.1 Å². The zero-order chi connectivity index (χ0) is 26.6. The summed E-state index contributed by atoms with van der Waals surface area (Å²) in [7, 11) is 0. The predicted molar refractivity (Wildman–Crippen MR) is 142 cm³/mol. The van der Waals surface area contributed by atoms with Gasteiger partial charge in [0.05, 0.1) is 24.2 Å². The van der Waals surface area contributed by atoms with Crippen molar-refractivity contribution >= 4 is 12.1 Å². The standard InChI is InChI=1S/C28H50N4O2/c1-15-19-21(31(27(9,10)11)23(33)29(19)25(3,4)5)17-18-22-20(16-2)30(26(6,7)8)24(34)32(22)28(12,13)14/h15-16,19-22H,1-2,17-18H2,3-14H3/t19-,20+,21-,22-/m1/s1. The van der Waals surface area contributed by atoms with Crippen LogP contribution in [0.25, 0.3) is 0 Å². The third-order valence-corrected chi connectivity index (χ3v) is 7.00. The lowest BCUT2D eigenvalue weighted by atomic mass is 9.90. The van der Waals surface area contributed by atoms with Gasteiger partial charge in [-0.3, -0.25) is 0 Å². The molecule has 0 aromatic rings. The molecule has 0 N–H and O–H groups in total. The molecule has 4 amide bonds. The molecule has 4 atom stereocenters. The number of carbonyl (C=O) groups is 2. The van der Waals surface area contributed by atoms with E-state index in [0.717, 1.165) is 12.8 Å². The van der Waals surface area contributed by atoms with E-state index in [0.29, 0.717) is 0 Å². The SMILES string of the molecule is C=C[C@@H]1[C@@H](CC[C@@H]2[C@H](C=C)N(C(C)(C)C)C(=O)N2C(C)(C)C)N(C(C)(C)C)C(=O)N1C(C)(C)C. The van der Waals surface area contributed by atoms with Crippen LogP contribution in [-0.2, 0) is 0 Å². The lowest BCUT2D eigenvalue weighted by Crippen LogP contribution is -2.51. The number of carbonyl (C=O) groups excluding carboxylic acids is 2. The zero-order valence-corrected chi connectivity index (χ0v) is 23.9. The van der Waals surface area contributed by atoms with Crippen molar-refractivity contribution in [2.45, 2.75) is 142 Å². The minimum absolute atomic E-state index is 0.0182. The third-order valence-electron chi connectivity index (χ3n) is 7.00. The molecule has 34 heavy (non-hydrogen) atoms. The van der Waals surface area contributed by atoms with Crippen LogP contribution in [0.15, 0.2) is 25.3 Å². The Morgan fingerprint density at radius 2 is 0.794 bits per heavy atom. The monoisotopic (exact) mass is 474 g/mol. The van der Waals surface area contributed by atoms with E-state index in [2.05, 4.69) is 96.2 Å². The zero-order valence-electron chi connectivity index (χ0n) is 23.9. The summed E-state index contributed by atoms with van der Waals surface area (Å²) < 4.78 is 0. The number of urea groups is 2. The van der Waals surface area contributed by atoms with Crippen LogP contribution in [0.2, 0.25) is 0 Å². The van der Waals surface area contributed by atoms with Crippen molar-refractivity contribution < 1.29 is 9.59 Å². The fourth-order valence-electron chi connectivity index (χ4n) is 5.92. The smallest absolute Gasteiger partial charge is 0.314 e. The highest BCUT2D eigenvalue weighted by Gasteiger charge is 2.54. The molecule has 2 aliphatic heterocycles. The van der Waals surface area contributed by atoms with Crippen molar-refractivity contribution in [1.82, 2.24) is 19.6 Å². The van der Waals surface area contributed by atoms with Crippen molar-refractivity contribution in [3.8, 4) is 0 Å². The highest BCUT2D eigenvalue weighted by atomic mass is 16.2. The van der Waals surface area contributed by atoms with E-state index in [1.54, 1.807) is 0 Å². The van der Waals surface area contributed by atoms with Gasteiger partial charge >= 0.3 is 12.1 Å². The Bertz CT molecular complexity index is 738. The minimum Gasteiger partial charge on any atom is -0.314 e. The van der Waals surface area contributed by atoms with E-state index in [1.807, 2.05) is 31.8 Å². The Balaban J connectivity index is 2.49. The van der Waals surface area contributed by atoms with Crippen LogP contribution < -0.4 is 0 Å². The van der Waals surface area contributed by atoms with Crippen LogP contribution in [0.4, 0.5) is 9.59 Å². The van der Waals surface area contributed by atoms with Gasteiger partial charge < -0.3 is 19.6 Å². The van der Waals surface area contributed by atoms with E-state index in [1.165, 1.54) is 0 Å². The highest BCUT2D eigenvalue weighted by molar-refractivity contribution is 5.81. The molecule has 2 aliphatic rings. The Hall–Kier alpha value is -1.98. The van der Waals surface area contributed by atoms with Gasteiger partial charge in [-0.05, 0) is 95.9 Å². The molecule has 2 heterocycles. The first kappa shape index (κ1) is 28.3. The average molecular weight is 475 g/mol. The van der Waals surface area contributed by atoms with E-state index >= 15 is 0 Å². The molecule has 6 heteroatoms. The van der Waals surface area contributed by atoms with E-state index in [9.17, 15) is 9.59 Å². The molecule has 0 aromatic heterocycles. The molecule has 0 spiro atoms. The molecule has 0 bridgehead atoms. The number of hydrogen-bond acceptors (Lipinski definition) is 2. The van der Waals surface area contributed by atoms with Crippen molar-refractivity contribution in [2.75, 3.05) is 0 Å². The van der Waals surface area contributed by atoms with Crippen LogP contribution in [0.1, 0.15) is 95.9 Å². The molecule has 0 saturated carbocycles. The second-order valence-electron chi connectivity index (χ2n) is 13.9. The molecule has 2 rings (SSSR count). The number of rotatable bonds is 5. The second-order valence-corrected chi connectivity index (χ2v) is 13.9. The lowest BCUT2D eigenvalue weighted by molar-refractivity contribution is 0.108. The molecular weight excluding hydrogens is 424 g/mol. The van der Waals surface area contributed by atoms with Gasteiger partial charge in [0.15, 0.2) is 0 Å². The largest absolute Gasteiger partial charge is 0.321 e. The Morgan fingerprint density at radius 3 is 0.971 bits per heavy atom. The molecule has 2 saturated heterocycles. The summed E-state index contributed by atoms with van der Waals surface area (Å²) in [6.45, 7) is 33.3. The highest BCUT2D eigenvalue weighted by Crippen LogP contribution is 2.41. The maximum Gasteiger partial charge on any atom is 0.321 e. The molecule has 0 aromatic carbocycles. The van der Waals surface area contributed by atoms with Crippen LogP contribution in [0, 0.1) is 0 Å². The second kappa shape index (κ2) is 8.91. The Kier molecular flexibility index (Phi) is 7.40. The van der Waals surface area contributed by atoms with Gasteiger partial charge in [0.2, 0.25) is 0 Å². The Morgan fingerprint density at radius 1 is 0.559 bits per heavy atom. The maximum atomic E-state index is 13.7. The van der Waals surface area contributed by atoms with Crippen LogP contribution in [0.3, 0.4) is 0 Å².